The van der Waals surface area contributed by atoms with E-state index in [9.17, 15) is 18.4 Å². The molecule has 0 bridgehead atoms. The van der Waals surface area contributed by atoms with E-state index in [1.54, 1.807) is 18.2 Å². The molecule has 1 heterocycles. The van der Waals surface area contributed by atoms with Crippen molar-refractivity contribution in [3.8, 4) is 11.3 Å². The number of halogens is 2. The van der Waals surface area contributed by atoms with Gasteiger partial charge >= 0.3 is 0 Å². The van der Waals surface area contributed by atoms with Gasteiger partial charge in [0.2, 0.25) is 5.82 Å². The van der Waals surface area contributed by atoms with E-state index in [1.165, 1.54) is 24.3 Å². The van der Waals surface area contributed by atoms with E-state index in [4.69, 9.17) is 0 Å². The minimum Gasteiger partial charge on any atom is -0.289 e. The van der Waals surface area contributed by atoms with Crippen molar-refractivity contribution in [2.24, 2.45) is 0 Å². The highest BCUT2D eigenvalue weighted by molar-refractivity contribution is 6.30. The molecule has 0 spiro atoms. The maximum absolute atomic E-state index is 14.0. The van der Waals surface area contributed by atoms with Crippen molar-refractivity contribution < 1.29 is 18.4 Å². The lowest BCUT2D eigenvalue weighted by molar-refractivity contribution is 0.0979. The maximum Gasteiger partial charge on any atom is 0.272 e. The summed E-state index contributed by atoms with van der Waals surface area (Å²) in [6, 6.07) is 10.7. The van der Waals surface area contributed by atoms with Crippen LogP contribution in [0, 0.1) is 11.8 Å². The van der Waals surface area contributed by atoms with E-state index in [0.717, 1.165) is 0 Å². The summed E-state index contributed by atoms with van der Waals surface area (Å²) in [5.74, 6) is -3.55. The van der Waals surface area contributed by atoms with Gasteiger partial charge in [-0.05, 0) is 5.21 Å². The topological polar surface area (TPSA) is 72.8 Å². The summed E-state index contributed by atoms with van der Waals surface area (Å²) >= 11 is 0. The average Bonchev–Trinajstić information content (AvgIpc) is 2.61. The summed E-state index contributed by atoms with van der Waals surface area (Å²) in [5.41, 5.74) is 0.145. The summed E-state index contributed by atoms with van der Waals surface area (Å²) < 4.78 is 27.4. The normalized spacial score (nSPS) is 12.8. The molecule has 2 aromatic carbocycles. The van der Waals surface area contributed by atoms with Crippen LogP contribution in [0.15, 0.2) is 42.5 Å². The van der Waals surface area contributed by atoms with Crippen molar-refractivity contribution in [3.63, 3.8) is 0 Å². The van der Waals surface area contributed by atoms with Crippen LogP contribution in [0.5, 0.6) is 0 Å². The average molecular weight is 323 g/mol. The highest BCUT2D eigenvalue weighted by atomic mass is 19.2. The van der Waals surface area contributed by atoms with Crippen LogP contribution in [0.3, 0.4) is 0 Å². The van der Waals surface area contributed by atoms with E-state index < -0.39 is 23.2 Å². The molecule has 5 nitrogen and oxygen atoms in total. The molecule has 7 heteroatoms. The Hall–Kier alpha value is -3.35. The number of ketones is 2. The van der Waals surface area contributed by atoms with Gasteiger partial charge in [-0.15, -0.1) is 5.10 Å². The number of carbonyl (C=O) groups is 2. The first-order chi connectivity index (χ1) is 11.6. The van der Waals surface area contributed by atoms with Crippen molar-refractivity contribution in [2.45, 2.75) is 0 Å². The Morgan fingerprint density at radius 2 is 1.33 bits per heavy atom. The molecular formula is C17H7F2N3O2. The number of hydrogen-bond donors (Lipinski definition) is 0. The first kappa shape index (κ1) is 14.3. The lowest BCUT2D eigenvalue weighted by atomic mass is 9.81. The van der Waals surface area contributed by atoms with Gasteiger partial charge in [0, 0.05) is 27.8 Å². The lowest BCUT2D eigenvalue weighted by Crippen LogP contribution is -2.22. The minimum absolute atomic E-state index is 0.00616. The van der Waals surface area contributed by atoms with Crippen molar-refractivity contribution in [1.82, 2.24) is 15.4 Å². The molecule has 1 aromatic heterocycles. The molecule has 0 fully saturated rings. The van der Waals surface area contributed by atoms with Crippen LogP contribution in [-0.4, -0.2) is 27.0 Å². The molecule has 0 saturated heterocycles. The molecule has 116 valence electrons. The molecule has 0 aliphatic heterocycles. The zero-order valence-corrected chi connectivity index (χ0v) is 12.0. The fourth-order valence-electron chi connectivity index (χ4n) is 2.81. The lowest BCUT2D eigenvalue weighted by Gasteiger charge is -2.19. The van der Waals surface area contributed by atoms with Gasteiger partial charge in [0.15, 0.2) is 11.6 Å². The Morgan fingerprint density at radius 1 is 0.708 bits per heavy atom. The van der Waals surface area contributed by atoms with Crippen LogP contribution >= 0.6 is 0 Å². The second-order valence-electron chi connectivity index (χ2n) is 5.17. The third kappa shape index (κ3) is 1.88. The molecule has 1 aliphatic rings. The second kappa shape index (κ2) is 5.09. The third-order valence-electron chi connectivity index (χ3n) is 3.87. The van der Waals surface area contributed by atoms with E-state index in [1.807, 2.05) is 0 Å². The number of benzene rings is 2. The van der Waals surface area contributed by atoms with Crippen molar-refractivity contribution in [1.29, 1.82) is 0 Å². The Balaban J connectivity index is 2.03. The van der Waals surface area contributed by atoms with Crippen molar-refractivity contribution in [3.05, 3.63) is 76.5 Å². The number of hydrogen-bond acceptors (Lipinski definition) is 5. The summed E-state index contributed by atoms with van der Waals surface area (Å²) in [4.78, 5) is 25.4. The van der Waals surface area contributed by atoms with Crippen molar-refractivity contribution in [2.75, 3.05) is 0 Å². The van der Waals surface area contributed by atoms with E-state index in [-0.39, 0.29) is 33.6 Å². The highest BCUT2D eigenvalue weighted by Crippen LogP contribution is 2.34. The largest absolute Gasteiger partial charge is 0.289 e. The van der Waals surface area contributed by atoms with Gasteiger partial charge in [0.05, 0.1) is 0 Å². The summed E-state index contributed by atoms with van der Waals surface area (Å²) in [5, 5.41) is 9.53. The summed E-state index contributed by atoms with van der Waals surface area (Å²) in [6.07, 6.45) is 0. The summed E-state index contributed by atoms with van der Waals surface area (Å²) in [6.45, 7) is 0. The van der Waals surface area contributed by atoms with Gasteiger partial charge in [0.1, 0.15) is 5.69 Å². The van der Waals surface area contributed by atoms with Gasteiger partial charge in [-0.2, -0.15) is 8.78 Å². The molecule has 0 N–H and O–H groups in total. The molecule has 0 atom stereocenters. The third-order valence-corrected chi connectivity index (χ3v) is 3.87. The van der Waals surface area contributed by atoms with Crippen LogP contribution in [0.1, 0.15) is 31.8 Å². The van der Waals surface area contributed by atoms with Crippen molar-refractivity contribution >= 4 is 11.6 Å². The Morgan fingerprint density at radius 3 is 2.08 bits per heavy atom. The number of rotatable bonds is 1. The zero-order valence-electron chi connectivity index (χ0n) is 12.0. The Kier molecular flexibility index (Phi) is 3.02. The van der Waals surface area contributed by atoms with Crippen LogP contribution in [0.25, 0.3) is 11.3 Å². The van der Waals surface area contributed by atoms with Gasteiger partial charge in [-0.1, -0.05) is 47.6 Å². The zero-order chi connectivity index (χ0) is 16.8. The smallest absolute Gasteiger partial charge is 0.272 e. The van der Waals surface area contributed by atoms with Gasteiger partial charge in [-0.3, -0.25) is 9.59 Å². The molecule has 0 saturated carbocycles. The van der Waals surface area contributed by atoms with E-state index in [0.29, 0.717) is 0 Å². The Bertz CT molecular complexity index is 1030. The number of nitrogens with zero attached hydrogens (tertiary/aromatic N) is 3. The highest BCUT2D eigenvalue weighted by Gasteiger charge is 2.32. The number of fused-ring (bicyclic) bond motifs is 2. The molecule has 0 radical (unpaired) electrons. The molecule has 0 amide bonds. The monoisotopic (exact) mass is 323 g/mol. The van der Waals surface area contributed by atoms with Crippen LogP contribution < -0.4 is 0 Å². The van der Waals surface area contributed by atoms with Crippen LogP contribution in [0.2, 0.25) is 0 Å². The first-order valence-electron chi connectivity index (χ1n) is 6.95. The maximum atomic E-state index is 14.0. The van der Waals surface area contributed by atoms with Gasteiger partial charge in [0.25, 0.3) is 5.95 Å². The predicted octanol–water partition coefficient (Wildman–Crippen LogP) is 2.59. The molecule has 4 rings (SSSR count). The SMILES string of the molecule is O=C1c2ccccc2C(=O)c2c1cccc2-c1nnnc(F)c1F. The quantitative estimate of drug-likeness (QED) is 0.538. The summed E-state index contributed by atoms with van der Waals surface area (Å²) in [7, 11) is 0. The van der Waals surface area contributed by atoms with E-state index in [2.05, 4.69) is 15.4 Å². The fraction of sp³-hybridized carbons (Fsp3) is 0. The van der Waals surface area contributed by atoms with E-state index >= 15 is 0 Å². The number of carbonyl (C=O) groups excluding carboxylic acids is 2. The molecule has 3 aromatic rings. The number of aromatic nitrogens is 3. The van der Waals surface area contributed by atoms with Gasteiger partial charge < -0.3 is 0 Å². The van der Waals surface area contributed by atoms with Crippen LogP contribution in [-0.2, 0) is 0 Å². The second-order valence-corrected chi connectivity index (χ2v) is 5.17. The minimum atomic E-state index is -1.42. The fourth-order valence-corrected chi connectivity index (χ4v) is 2.81. The molecule has 0 unspecified atom stereocenters. The molecule has 24 heavy (non-hydrogen) atoms. The molecular weight excluding hydrogens is 316 g/mol. The first-order valence-corrected chi connectivity index (χ1v) is 6.95. The predicted molar refractivity (Wildman–Crippen MR) is 78.5 cm³/mol. The van der Waals surface area contributed by atoms with Crippen LogP contribution in [0.4, 0.5) is 8.78 Å². The van der Waals surface area contributed by atoms with Gasteiger partial charge in [-0.25, -0.2) is 0 Å². The Labute approximate surface area is 134 Å². The standard InChI is InChI=1S/C17H7F2N3O2/c18-13-14(20-22-21-17(13)19)10-6-3-7-11-12(10)16(24)9-5-2-1-4-8(9)15(11)23/h1-7H. The molecule has 1 aliphatic carbocycles.